The Morgan fingerprint density at radius 2 is 2.00 bits per heavy atom. The molecule has 0 aliphatic heterocycles. The summed E-state index contributed by atoms with van der Waals surface area (Å²) in [5.41, 5.74) is 0.930. The molecule has 0 unspecified atom stereocenters. The van der Waals surface area contributed by atoms with Crippen LogP contribution in [0.5, 0.6) is 0 Å². The van der Waals surface area contributed by atoms with E-state index < -0.39 is 18.8 Å². The van der Waals surface area contributed by atoms with Crippen LogP contribution in [0.1, 0.15) is 24.4 Å². The van der Waals surface area contributed by atoms with Crippen molar-refractivity contribution in [3.63, 3.8) is 0 Å². The molecule has 0 fully saturated rings. The molecule has 10 heteroatoms. The lowest BCUT2D eigenvalue weighted by molar-refractivity contribution is -0.145. The average molecular weight is 384 g/mol. The van der Waals surface area contributed by atoms with Gasteiger partial charge in [0.15, 0.2) is 0 Å². The molecule has 0 aliphatic carbocycles. The zero-order chi connectivity index (χ0) is 19.9. The van der Waals surface area contributed by atoms with Gasteiger partial charge in [0.25, 0.3) is 0 Å². The Morgan fingerprint density at radius 3 is 2.56 bits per heavy atom. The zero-order valence-electron chi connectivity index (χ0n) is 15.3. The predicted molar refractivity (Wildman–Crippen MR) is 92.9 cm³/mol. The molecule has 0 aliphatic rings. The second kappa shape index (κ2) is 9.45. The Morgan fingerprint density at radius 1 is 1.30 bits per heavy atom. The number of nitrogens with one attached hydrogen (secondary N) is 1. The second-order valence-corrected chi connectivity index (χ2v) is 6.15. The minimum Gasteiger partial charge on any atom is -0.353 e. The molecule has 1 aromatic carbocycles. The number of aryl methyl sites for hydroxylation is 1. The van der Waals surface area contributed by atoms with Gasteiger partial charge >= 0.3 is 6.18 Å². The van der Waals surface area contributed by atoms with E-state index in [9.17, 15) is 18.0 Å². The Bertz CT molecular complexity index is 719. The minimum atomic E-state index is -4.26. The van der Waals surface area contributed by atoms with Gasteiger partial charge < -0.3 is 5.32 Å². The molecule has 1 atom stereocenters. The molecular formula is C17H23F3N6O. The van der Waals surface area contributed by atoms with E-state index in [-0.39, 0.29) is 25.5 Å². The van der Waals surface area contributed by atoms with Crippen molar-refractivity contribution >= 4 is 5.91 Å². The lowest BCUT2D eigenvalue weighted by Gasteiger charge is -2.23. The summed E-state index contributed by atoms with van der Waals surface area (Å²) in [6.07, 6.45) is -3.89. The highest BCUT2D eigenvalue weighted by Crippen LogP contribution is 2.16. The number of halogens is 3. The Hall–Kier alpha value is -2.49. The number of tetrazole rings is 1. The largest absolute Gasteiger partial charge is 0.401 e. The molecule has 1 heterocycles. The van der Waals surface area contributed by atoms with Crippen molar-refractivity contribution in [2.45, 2.75) is 32.5 Å². The third-order valence-electron chi connectivity index (χ3n) is 4.10. The zero-order valence-corrected chi connectivity index (χ0v) is 15.3. The molecule has 0 bridgehead atoms. The van der Waals surface area contributed by atoms with Crippen LogP contribution in [0.2, 0.25) is 0 Å². The first-order chi connectivity index (χ1) is 12.8. The number of likely N-dealkylation sites (N-methyl/N-ethyl adjacent to an activating group) is 1. The maximum absolute atomic E-state index is 12.7. The molecule has 148 valence electrons. The first kappa shape index (κ1) is 20.8. The van der Waals surface area contributed by atoms with Crippen molar-refractivity contribution in [3.8, 4) is 0 Å². The van der Waals surface area contributed by atoms with Gasteiger partial charge in [0.2, 0.25) is 5.91 Å². The fourth-order valence-corrected chi connectivity index (χ4v) is 2.71. The highest BCUT2D eigenvalue weighted by molar-refractivity contribution is 5.80. The van der Waals surface area contributed by atoms with Crippen LogP contribution in [0.15, 0.2) is 30.3 Å². The van der Waals surface area contributed by atoms with Crippen LogP contribution < -0.4 is 5.32 Å². The molecule has 2 aromatic rings. The van der Waals surface area contributed by atoms with Gasteiger partial charge in [0, 0.05) is 19.5 Å². The number of carbonyl (C=O) groups is 1. The van der Waals surface area contributed by atoms with E-state index in [2.05, 4.69) is 20.8 Å². The maximum atomic E-state index is 12.7. The second-order valence-electron chi connectivity index (χ2n) is 6.15. The Balaban J connectivity index is 2.01. The van der Waals surface area contributed by atoms with Crippen molar-refractivity contribution in [3.05, 3.63) is 41.7 Å². The van der Waals surface area contributed by atoms with Gasteiger partial charge in [-0.2, -0.15) is 13.2 Å². The predicted octanol–water partition coefficient (Wildman–Crippen LogP) is 1.77. The average Bonchev–Trinajstić information content (AvgIpc) is 3.04. The van der Waals surface area contributed by atoms with Crippen LogP contribution in [0, 0.1) is 6.92 Å². The number of rotatable bonds is 9. The number of hydrogen-bond acceptors (Lipinski definition) is 5. The SMILES string of the molecule is CCN(CCNC(=O)[C@@H](Cc1ccccc1)n1nnnc1C)CC(F)(F)F. The third kappa shape index (κ3) is 6.63. The monoisotopic (exact) mass is 384 g/mol. The summed E-state index contributed by atoms with van der Waals surface area (Å²) in [5, 5.41) is 14.0. The van der Waals surface area contributed by atoms with Crippen LogP contribution in [0.4, 0.5) is 13.2 Å². The molecule has 1 amide bonds. The lowest BCUT2D eigenvalue weighted by Crippen LogP contribution is -2.42. The molecule has 0 radical (unpaired) electrons. The number of aromatic nitrogens is 4. The molecule has 2 rings (SSSR count). The highest BCUT2D eigenvalue weighted by atomic mass is 19.4. The van der Waals surface area contributed by atoms with Gasteiger partial charge in [-0.15, -0.1) is 5.10 Å². The molecular weight excluding hydrogens is 361 g/mol. The smallest absolute Gasteiger partial charge is 0.353 e. The number of carbonyl (C=O) groups excluding carboxylic acids is 1. The van der Waals surface area contributed by atoms with Crippen LogP contribution in [0.25, 0.3) is 0 Å². The standard InChI is InChI=1S/C17H23F3N6O/c1-3-25(12-17(18,19)20)10-9-21-16(27)15(26-13(2)22-23-24-26)11-14-7-5-4-6-8-14/h4-8,15H,3,9-12H2,1-2H3,(H,21,27)/t15-/m1/s1. The molecule has 0 spiro atoms. The highest BCUT2D eigenvalue weighted by Gasteiger charge is 2.30. The fraction of sp³-hybridized carbons (Fsp3) is 0.529. The quantitative estimate of drug-likeness (QED) is 0.713. The van der Waals surface area contributed by atoms with E-state index >= 15 is 0 Å². The van der Waals surface area contributed by atoms with Crippen molar-refractivity contribution in [1.82, 2.24) is 30.4 Å². The molecule has 27 heavy (non-hydrogen) atoms. The number of nitrogens with zero attached hydrogens (tertiary/aromatic N) is 5. The van der Waals surface area contributed by atoms with Gasteiger partial charge in [-0.05, 0) is 29.5 Å². The minimum absolute atomic E-state index is 0.106. The van der Waals surface area contributed by atoms with E-state index in [0.717, 1.165) is 5.56 Å². The van der Waals surface area contributed by atoms with Crippen molar-refractivity contribution in [2.24, 2.45) is 0 Å². The maximum Gasteiger partial charge on any atom is 0.401 e. The fourth-order valence-electron chi connectivity index (χ4n) is 2.71. The van der Waals surface area contributed by atoms with Gasteiger partial charge in [-0.3, -0.25) is 9.69 Å². The van der Waals surface area contributed by atoms with Crippen LogP contribution in [0.3, 0.4) is 0 Å². The summed E-state index contributed by atoms with van der Waals surface area (Å²) in [6.45, 7) is 2.79. The molecule has 0 saturated heterocycles. The summed E-state index contributed by atoms with van der Waals surface area (Å²) in [7, 11) is 0. The van der Waals surface area contributed by atoms with Gasteiger partial charge in [-0.25, -0.2) is 4.68 Å². The Labute approximate surface area is 155 Å². The lowest BCUT2D eigenvalue weighted by atomic mass is 10.1. The Kier molecular flexibility index (Phi) is 7.28. The molecule has 7 nitrogen and oxygen atoms in total. The molecule has 1 N–H and O–H groups in total. The number of alkyl halides is 3. The third-order valence-corrected chi connectivity index (χ3v) is 4.10. The summed E-state index contributed by atoms with van der Waals surface area (Å²) < 4.78 is 39.0. The summed E-state index contributed by atoms with van der Waals surface area (Å²) in [5.74, 6) is 0.149. The van der Waals surface area contributed by atoms with Crippen molar-refractivity contribution in [2.75, 3.05) is 26.2 Å². The summed E-state index contributed by atoms with van der Waals surface area (Å²) in [6, 6.07) is 8.71. The summed E-state index contributed by atoms with van der Waals surface area (Å²) >= 11 is 0. The molecule has 0 saturated carbocycles. The topological polar surface area (TPSA) is 75.9 Å². The van der Waals surface area contributed by atoms with E-state index in [1.807, 2.05) is 30.3 Å². The van der Waals surface area contributed by atoms with Gasteiger partial charge in [0.1, 0.15) is 11.9 Å². The number of hydrogen-bond donors (Lipinski definition) is 1. The van der Waals surface area contributed by atoms with Crippen LogP contribution in [-0.4, -0.2) is 63.4 Å². The first-order valence-corrected chi connectivity index (χ1v) is 8.65. The molecule has 1 aromatic heterocycles. The van der Waals surface area contributed by atoms with E-state index in [1.54, 1.807) is 13.8 Å². The van der Waals surface area contributed by atoms with E-state index in [4.69, 9.17) is 0 Å². The van der Waals surface area contributed by atoms with Gasteiger partial charge in [0.05, 0.1) is 6.54 Å². The van der Waals surface area contributed by atoms with Crippen molar-refractivity contribution < 1.29 is 18.0 Å². The van der Waals surface area contributed by atoms with Crippen LogP contribution in [-0.2, 0) is 11.2 Å². The van der Waals surface area contributed by atoms with E-state index in [0.29, 0.717) is 12.2 Å². The summed E-state index contributed by atoms with van der Waals surface area (Å²) in [4.78, 5) is 13.9. The first-order valence-electron chi connectivity index (χ1n) is 8.65. The number of benzene rings is 1. The van der Waals surface area contributed by atoms with Crippen LogP contribution >= 0.6 is 0 Å². The van der Waals surface area contributed by atoms with Crippen molar-refractivity contribution in [1.29, 1.82) is 0 Å². The van der Waals surface area contributed by atoms with Gasteiger partial charge in [-0.1, -0.05) is 37.3 Å². The number of amides is 1. The normalized spacial score (nSPS) is 13.0. The van der Waals surface area contributed by atoms with E-state index in [1.165, 1.54) is 9.58 Å².